The Balaban J connectivity index is 2.69. The molecule has 9 heteroatoms. The number of primary amides is 1. The van der Waals surface area contributed by atoms with E-state index in [4.69, 9.17) is 22.1 Å². The topological polar surface area (TPSA) is 78.1 Å². The molecule has 0 aliphatic heterocycles. The SMILES string of the molecule is CCCc1nc(Oc2ccccn2)c(C(F)(F)F)c(Cl)c1C(N)=O. The van der Waals surface area contributed by atoms with Crippen LogP contribution in [0.5, 0.6) is 11.8 Å². The number of carbonyl (C=O) groups is 1. The van der Waals surface area contributed by atoms with Gasteiger partial charge in [0.2, 0.25) is 11.8 Å². The molecule has 0 bridgehead atoms. The standard InChI is InChI=1S/C15H13ClF3N3O2/c1-2-5-8-10(13(20)23)12(16)11(15(17,18)19)14(22-8)24-9-6-3-4-7-21-9/h3-4,6-7H,2,5H2,1H3,(H2,20,23). The van der Waals surface area contributed by atoms with Crippen molar-refractivity contribution in [2.24, 2.45) is 5.73 Å². The summed E-state index contributed by atoms with van der Waals surface area (Å²) in [5.74, 6) is -1.92. The maximum absolute atomic E-state index is 13.4. The van der Waals surface area contributed by atoms with Crippen molar-refractivity contribution in [2.45, 2.75) is 25.9 Å². The van der Waals surface area contributed by atoms with Crippen LogP contribution in [0.15, 0.2) is 24.4 Å². The van der Waals surface area contributed by atoms with Crippen molar-refractivity contribution in [3.05, 3.63) is 46.2 Å². The molecule has 2 heterocycles. The Morgan fingerprint density at radius 3 is 2.58 bits per heavy atom. The number of aryl methyl sites for hydroxylation is 1. The number of rotatable bonds is 5. The van der Waals surface area contributed by atoms with E-state index in [0.29, 0.717) is 6.42 Å². The first-order valence-electron chi connectivity index (χ1n) is 6.94. The molecule has 2 aromatic rings. The van der Waals surface area contributed by atoms with E-state index in [1.807, 2.05) is 0 Å². The van der Waals surface area contributed by atoms with E-state index in [1.54, 1.807) is 19.1 Å². The van der Waals surface area contributed by atoms with Crippen LogP contribution >= 0.6 is 11.6 Å². The number of hydrogen-bond acceptors (Lipinski definition) is 4. The maximum Gasteiger partial charge on any atom is 0.423 e. The van der Waals surface area contributed by atoms with Gasteiger partial charge >= 0.3 is 6.18 Å². The second kappa shape index (κ2) is 7.04. The summed E-state index contributed by atoms with van der Waals surface area (Å²) >= 11 is 5.84. The van der Waals surface area contributed by atoms with Crippen LogP contribution in [0.4, 0.5) is 13.2 Å². The predicted molar refractivity (Wildman–Crippen MR) is 81.1 cm³/mol. The lowest BCUT2D eigenvalue weighted by Gasteiger charge is -2.18. The molecule has 2 rings (SSSR count). The van der Waals surface area contributed by atoms with Crippen LogP contribution < -0.4 is 10.5 Å². The summed E-state index contributed by atoms with van der Waals surface area (Å²) in [6.45, 7) is 1.78. The number of ether oxygens (including phenoxy) is 1. The Morgan fingerprint density at radius 1 is 1.38 bits per heavy atom. The zero-order chi connectivity index (χ0) is 17.9. The monoisotopic (exact) mass is 359 g/mol. The molecule has 0 saturated carbocycles. The molecule has 0 fully saturated rings. The van der Waals surface area contributed by atoms with E-state index in [2.05, 4.69) is 9.97 Å². The molecular formula is C15H13ClF3N3O2. The maximum atomic E-state index is 13.4. The van der Waals surface area contributed by atoms with E-state index in [-0.39, 0.29) is 18.0 Å². The molecule has 0 aromatic carbocycles. The lowest BCUT2D eigenvalue weighted by molar-refractivity contribution is -0.138. The van der Waals surface area contributed by atoms with Crippen LogP contribution in [-0.4, -0.2) is 15.9 Å². The highest BCUT2D eigenvalue weighted by molar-refractivity contribution is 6.35. The van der Waals surface area contributed by atoms with Crippen molar-refractivity contribution in [2.75, 3.05) is 0 Å². The number of amides is 1. The van der Waals surface area contributed by atoms with Crippen molar-refractivity contribution >= 4 is 17.5 Å². The molecule has 2 aromatic heterocycles. The van der Waals surface area contributed by atoms with Crippen LogP contribution in [0.3, 0.4) is 0 Å². The zero-order valence-corrected chi connectivity index (χ0v) is 13.3. The predicted octanol–water partition coefficient (Wildman–Crippen LogP) is 3.99. The fourth-order valence-corrected chi connectivity index (χ4v) is 2.46. The van der Waals surface area contributed by atoms with E-state index in [1.165, 1.54) is 12.3 Å². The number of nitrogens with two attached hydrogens (primary N) is 1. The van der Waals surface area contributed by atoms with Crippen LogP contribution in [0.2, 0.25) is 5.02 Å². The number of pyridine rings is 2. The van der Waals surface area contributed by atoms with Gasteiger partial charge in [-0.15, -0.1) is 0 Å². The second-order valence-corrected chi connectivity index (χ2v) is 5.19. The van der Waals surface area contributed by atoms with Gasteiger partial charge in [0.05, 0.1) is 16.3 Å². The van der Waals surface area contributed by atoms with Gasteiger partial charge < -0.3 is 10.5 Å². The first kappa shape index (κ1) is 18.0. The van der Waals surface area contributed by atoms with Crippen molar-refractivity contribution in [1.82, 2.24) is 9.97 Å². The normalized spacial score (nSPS) is 11.4. The third-order valence-electron chi connectivity index (χ3n) is 3.03. The Labute approximate surface area is 140 Å². The average molecular weight is 360 g/mol. The highest BCUT2D eigenvalue weighted by Crippen LogP contribution is 2.43. The summed E-state index contributed by atoms with van der Waals surface area (Å²) in [5.41, 5.74) is 3.42. The third kappa shape index (κ3) is 3.76. The Hall–Kier alpha value is -2.35. The molecule has 24 heavy (non-hydrogen) atoms. The van der Waals surface area contributed by atoms with Gasteiger partial charge in [-0.2, -0.15) is 13.2 Å². The second-order valence-electron chi connectivity index (χ2n) is 4.81. The summed E-state index contributed by atoms with van der Waals surface area (Å²) in [4.78, 5) is 19.2. The molecular weight excluding hydrogens is 347 g/mol. The van der Waals surface area contributed by atoms with Crippen molar-refractivity contribution in [1.29, 1.82) is 0 Å². The molecule has 0 unspecified atom stereocenters. The first-order valence-corrected chi connectivity index (χ1v) is 7.31. The van der Waals surface area contributed by atoms with E-state index >= 15 is 0 Å². The summed E-state index contributed by atoms with van der Waals surface area (Å²) in [6, 6.07) is 4.50. The fraction of sp³-hybridized carbons (Fsp3) is 0.267. The largest absolute Gasteiger partial charge is 0.423 e. The van der Waals surface area contributed by atoms with Gasteiger partial charge in [0.15, 0.2) is 0 Å². The highest BCUT2D eigenvalue weighted by Gasteiger charge is 2.41. The summed E-state index contributed by atoms with van der Waals surface area (Å²) in [5, 5.41) is -0.820. The first-order chi connectivity index (χ1) is 11.3. The summed E-state index contributed by atoms with van der Waals surface area (Å²) in [7, 11) is 0. The third-order valence-corrected chi connectivity index (χ3v) is 3.41. The number of aromatic nitrogens is 2. The smallest absolute Gasteiger partial charge is 0.420 e. The van der Waals surface area contributed by atoms with Crippen molar-refractivity contribution < 1.29 is 22.7 Å². The molecule has 2 N–H and O–H groups in total. The lowest BCUT2D eigenvalue weighted by atomic mass is 10.1. The molecule has 0 spiro atoms. The van der Waals surface area contributed by atoms with Crippen LogP contribution in [0, 0.1) is 0 Å². The molecule has 0 radical (unpaired) electrons. The Kier molecular flexibility index (Phi) is 5.28. The van der Waals surface area contributed by atoms with Gasteiger partial charge in [0, 0.05) is 12.3 Å². The van der Waals surface area contributed by atoms with Gasteiger partial charge in [-0.05, 0) is 12.5 Å². The van der Waals surface area contributed by atoms with Crippen LogP contribution in [0.1, 0.15) is 35.0 Å². The molecule has 128 valence electrons. The molecule has 5 nitrogen and oxygen atoms in total. The van der Waals surface area contributed by atoms with Crippen molar-refractivity contribution in [3.63, 3.8) is 0 Å². The quantitative estimate of drug-likeness (QED) is 0.875. The zero-order valence-electron chi connectivity index (χ0n) is 12.5. The van der Waals surface area contributed by atoms with E-state index in [0.717, 1.165) is 0 Å². The number of alkyl halides is 3. The summed E-state index contributed by atoms with van der Waals surface area (Å²) < 4.78 is 45.3. The van der Waals surface area contributed by atoms with Gasteiger partial charge in [-0.1, -0.05) is 31.0 Å². The highest BCUT2D eigenvalue weighted by atomic mass is 35.5. The Morgan fingerprint density at radius 2 is 2.08 bits per heavy atom. The average Bonchev–Trinajstić information content (AvgIpc) is 2.46. The minimum absolute atomic E-state index is 0.0499. The molecule has 0 atom stereocenters. The van der Waals surface area contributed by atoms with Crippen molar-refractivity contribution in [3.8, 4) is 11.8 Å². The molecule has 0 saturated heterocycles. The lowest BCUT2D eigenvalue weighted by Crippen LogP contribution is -2.20. The van der Waals surface area contributed by atoms with Crippen LogP contribution in [-0.2, 0) is 12.6 Å². The number of halogens is 4. The van der Waals surface area contributed by atoms with Gasteiger partial charge in [0.25, 0.3) is 5.91 Å². The van der Waals surface area contributed by atoms with Crippen LogP contribution in [0.25, 0.3) is 0 Å². The summed E-state index contributed by atoms with van der Waals surface area (Å²) in [6.07, 6.45) is -2.79. The van der Waals surface area contributed by atoms with Gasteiger partial charge in [-0.25, -0.2) is 9.97 Å². The molecule has 0 aliphatic carbocycles. The minimum atomic E-state index is -4.89. The fourth-order valence-electron chi connectivity index (χ4n) is 2.07. The molecule has 1 amide bonds. The Bertz CT molecular complexity index is 752. The number of hydrogen-bond donors (Lipinski definition) is 1. The number of carbonyl (C=O) groups excluding carboxylic acids is 1. The van der Waals surface area contributed by atoms with Gasteiger partial charge in [-0.3, -0.25) is 4.79 Å². The van der Waals surface area contributed by atoms with Gasteiger partial charge in [0.1, 0.15) is 5.56 Å². The van der Waals surface area contributed by atoms with E-state index in [9.17, 15) is 18.0 Å². The minimum Gasteiger partial charge on any atom is -0.420 e. The molecule has 0 aliphatic rings. The van der Waals surface area contributed by atoms with E-state index < -0.39 is 34.1 Å². The number of nitrogens with zero attached hydrogens (tertiary/aromatic N) is 2.